The fourth-order valence-electron chi connectivity index (χ4n) is 2.00. The van der Waals surface area contributed by atoms with Crippen molar-refractivity contribution in [3.8, 4) is 0 Å². The van der Waals surface area contributed by atoms with Crippen molar-refractivity contribution in [1.29, 1.82) is 0 Å². The van der Waals surface area contributed by atoms with Crippen molar-refractivity contribution < 1.29 is 4.79 Å². The summed E-state index contributed by atoms with van der Waals surface area (Å²) in [4.78, 5) is 14.2. The van der Waals surface area contributed by atoms with E-state index in [2.05, 4.69) is 31.0 Å². The smallest absolute Gasteiger partial charge is 0.223 e. The number of carbonyl (C=O) groups is 1. The summed E-state index contributed by atoms with van der Waals surface area (Å²) in [5, 5.41) is 3.22. The third kappa shape index (κ3) is 3.78. The SMILES string of the molecule is CCCCN(C(=O)CC1CNC1)C(C)CC. The van der Waals surface area contributed by atoms with Gasteiger partial charge in [0.25, 0.3) is 0 Å². The molecule has 3 nitrogen and oxygen atoms in total. The summed E-state index contributed by atoms with van der Waals surface area (Å²) in [6.07, 6.45) is 4.07. The lowest BCUT2D eigenvalue weighted by Gasteiger charge is -2.33. The van der Waals surface area contributed by atoms with Gasteiger partial charge < -0.3 is 10.2 Å². The molecule has 1 aliphatic rings. The van der Waals surface area contributed by atoms with Gasteiger partial charge in [-0.3, -0.25) is 4.79 Å². The van der Waals surface area contributed by atoms with Gasteiger partial charge in [-0.1, -0.05) is 20.3 Å². The molecule has 1 aliphatic heterocycles. The molecule has 1 heterocycles. The van der Waals surface area contributed by atoms with Crippen LogP contribution in [0.15, 0.2) is 0 Å². The van der Waals surface area contributed by atoms with E-state index in [4.69, 9.17) is 0 Å². The van der Waals surface area contributed by atoms with Crippen molar-refractivity contribution in [2.24, 2.45) is 5.92 Å². The molecule has 1 unspecified atom stereocenters. The van der Waals surface area contributed by atoms with E-state index in [-0.39, 0.29) is 0 Å². The Morgan fingerprint density at radius 3 is 2.56 bits per heavy atom. The molecule has 0 aromatic rings. The highest BCUT2D eigenvalue weighted by atomic mass is 16.2. The lowest BCUT2D eigenvalue weighted by Crippen LogP contribution is -2.47. The summed E-state index contributed by atoms with van der Waals surface area (Å²) < 4.78 is 0. The average molecular weight is 226 g/mol. The van der Waals surface area contributed by atoms with Gasteiger partial charge in [0, 0.05) is 19.0 Å². The van der Waals surface area contributed by atoms with E-state index < -0.39 is 0 Å². The van der Waals surface area contributed by atoms with E-state index in [1.165, 1.54) is 0 Å². The Labute approximate surface area is 99.6 Å². The molecular weight excluding hydrogens is 200 g/mol. The van der Waals surface area contributed by atoms with Gasteiger partial charge >= 0.3 is 0 Å². The summed E-state index contributed by atoms with van der Waals surface area (Å²) in [6, 6.07) is 0.395. The number of amides is 1. The van der Waals surface area contributed by atoms with Crippen molar-refractivity contribution in [3.05, 3.63) is 0 Å². The van der Waals surface area contributed by atoms with Crippen LogP contribution >= 0.6 is 0 Å². The first-order valence-electron chi connectivity index (χ1n) is 6.69. The minimum absolute atomic E-state index is 0.356. The zero-order chi connectivity index (χ0) is 12.0. The predicted octanol–water partition coefficient (Wildman–Crippen LogP) is 2.02. The second kappa shape index (κ2) is 6.89. The Morgan fingerprint density at radius 1 is 1.44 bits per heavy atom. The zero-order valence-corrected chi connectivity index (χ0v) is 11.0. The lowest BCUT2D eigenvalue weighted by atomic mass is 9.98. The van der Waals surface area contributed by atoms with Gasteiger partial charge in [0.05, 0.1) is 0 Å². The van der Waals surface area contributed by atoms with Crippen LogP contribution < -0.4 is 5.32 Å². The molecule has 0 saturated carbocycles. The molecule has 1 saturated heterocycles. The van der Waals surface area contributed by atoms with Crippen molar-refractivity contribution >= 4 is 5.91 Å². The van der Waals surface area contributed by atoms with Gasteiger partial charge in [0.1, 0.15) is 0 Å². The molecule has 0 spiro atoms. The molecule has 0 aromatic heterocycles. The minimum Gasteiger partial charge on any atom is -0.340 e. The molecule has 1 N–H and O–H groups in total. The summed E-state index contributed by atoms with van der Waals surface area (Å²) in [5.41, 5.74) is 0. The molecule has 3 heteroatoms. The van der Waals surface area contributed by atoms with E-state index in [0.717, 1.165) is 45.3 Å². The molecule has 94 valence electrons. The van der Waals surface area contributed by atoms with E-state index in [1.807, 2.05) is 0 Å². The molecule has 0 aromatic carbocycles. The van der Waals surface area contributed by atoms with Gasteiger partial charge in [0.2, 0.25) is 5.91 Å². The average Bonchev–Trinajstić information content (AvgIpc) is 2.23. The maximum Gasteiger partial charge on any atom is 0.223 e. The van der Waals surface area contributed by atoms with Crippen LogP contribution in [0.4, 0.5) is 0 Å². The quantitative estimate of drug-likeness (QED) is 0.720. The predicted molar refractivity (Wildman–Crippen MR) is 67.4 cm³/mol. The van der Waals surface area contributed by atoms with Crippen molar-refractivity contribution in [3.63, 3.8) is 0 Å². The number of hydrogen-bond donors (Lipinski definition) is 1. The fourth-order valence-corrected chi connectivity index (χ4v) is 2.00. The van der Waals surface area contributed by atoms with Gasteiger partial charge in [0.15, 0.2) is 0 Å². The van der Waals surface area contributed by atoms with Crippen molar-refractivity contribution in [2.75, 3.05) is 19.6 Å². The second-order valence-corrected chi connectivity index (χ2v) is 4.93. The standard InChI is InChI=1S/C13H26N2O/c1-4-6-7-15(11(3)5-2)13(16)8-12-9-14-10-12/h11-12,14H,4-10H2,1-3H3. The summed E-state index contributed by atoms with van der Waals surface area (Å²) in [7, 11) is 0. The van der Waals surface area contributed by atoms with Crippen LogP contribution in [0.5, 0.6) is 0 Å². The zero-order valence-electron chi connectivity index (χ0n) is 11.0. The lowest BCUT2D eigenvalue weighted by molar-refractivity contribution is -0.134. The van der Waals surface area contributed by atoms with E-state index >= 15 is 0 Å². The molecule has 16 heavy (non-hydrogen) atoms. The minimum atomic E-state index is 0.356. The topological polar surface area (TPSA) is 32.3 Å². The Hall–Kier alpha value is -0.570. The first-order valence-corrected chi connectivity index (χ1v) is 6.69. The number of unbranched alkanes of at least 4 members (excludes halogenated alkanes) is 1. The molecule has 1 rings (SSSR count). The Morgan fingerprint density at radius 2 is 2.12 bits per heavy atom. The van der Waals surface area contributed by atoms with Crippen molar-refractivity contribution in [1.82, 2.24) is 10.2 Å². The van der Waals surface area contributed by atoms with Crippen LogP contribution in [0.2, 0.25) is 0 Å². The first-order chi connectivity index (χ1) is 7.69. The highest BCUT2D eigenvalue weighted by molar-refractivity contribution is 5.77. The molecule has 0 aliphatic carbocycles. The molecule has 0 radical (unpaired) electrons. The molecule has 0 bridgehead atoms. The van der Waals surface area contributed by atoms with E-state index in [0.29, 0.717) is 17.9 Å². The van der Waals surface area contributed by atoms with Crippen LogP contribution in [0.25, 0.3) is 0 Å². The largest absolute Gasteiger partial charge is 0.340 e. The normalized spacial score (nSPS) is 17.9. The highest BCUT2D eigenvalue weighted by Gasteiger charge is 2.25. The molecular formula is C13H26N2O. The maximum absolute atomic E-state index is 12.2. The molecule has 1 fully saturated rings. The Bertz CT molecular complexity index is 214. The summed E-state index contributed by atoms with van der Waals surface area (Å²) >= 11 is 0. The van der Waals surface area contributed by atoms with Gasteiger partial charge in [-0.05, 0) is 38.8 Å². The highest BCUT2D eigenvalue weighted by Crippen LogP contribution is 2.14. The number of hydrogen-bond acceptors (Lipinski definition) is 2. The van der Waals surface area contributed by atoms with Gasteiger partial charge in [-0.2, -0.15) is 0 Å². The monoisotopic (exact) mass is 226 g/mol. The van der Waals surface area contributed by atoms with Crippen LogP contribution in [0.1, 0.15) is 46.5 Å². The van der Waals surface area contributed by atoms with Crippen LogP contribution in [0.3, 0.4) is 0 Å². The maximum atomic E-state index is 12.2. The van der Waals surface area contributed by atoms with Crippen LogP contribution in [-0.4, -0.2) is 36.5 Å². The Kier molecular flexibility index (Phi) is 5.81. The van der Waals surface area contributed by atoms with E-state index in [1.54, 1.807) is 0 Å². The third-order valence-electron chi connectivity index (χ3n) is 3.53. The number of rotatable bonds is 7. The number of carbonyl (C=O) groups excluding carboxylic acids is 1. The summed E-state index contributed by atoms with van der Waals surface area (Å²) in [6.45, 7) is 9.47. The Balaban J connectivity index is 2.41. The number of nitrogens with zero attached hydrogens (tertiary/aromatic N) is 1. The van der Waals surface area contributed by atoms with Crippen molar-refractivity contribution in [2.45, 2.75) is 52.5 Å². The summed E-state index contributed by atoms with van der Waals surface area (Å²) in [5.74, 6) is 0.940. The molecule has 1 amide bonds. The first kappa shape index (κ1) is 13.5. The second-order valence-electron chi connectivity index (χ2n) is 4.93. The van der Waals surface area contributed by atoms with Gasteiger partial charge in [-0.25, -0.2) is 0 Å². The third-order valence-corrected chi connectivity index (χ3v) is 3.53. The number of nitrogens with one attached hydrogen (secondary N) is 1. The van der Waals surface area contributed by atoms with Crippen LogP contribution in [0, 0.1) is 5.92 Å². The van der Waals surface area contributed by atoms with Gasteiger partial charge in [-0.15, -0.1) is 0 Å². The van der Waals surface area contributed by atoms with E-state index in [9.17, 15) is 4.79 Å². The molecule has 1 atom stereocenters. The fraction of sp³-hybridized carbons (Fsp3) is 0.923. The van der Waals surface area contributed by atoms with Crippen LogP contribution in [-0.2, 0) is 4.79 Å².